The van der Waals surface area contributed by atoms with Crippen molar-refractivity contribution in [1.82, 2.24) is 9.97 Å². The second kappa shape index (κ2) is 4.85. The van der Waals surface area contributed by atoms with E-state index in [1.54, 1.807) is 0 Å². The van der Waals surface area contributed by atoms with Gasteiger partial charge in [-0.05, 0) is 29.8 Å². The Morgan fingerprint density at radius 2 is 2.06 bits per heavy atom. The summed E-state index contributed by atoms with van der Waals surface area (Å²) in [7, 11) is 0. The zero-order chi connectivity index (χ0) is 12.4. The average molecular weight is 274 g/mol. The number of nitrogens with zero attached hydrogens (tertiary/aromatic N) is 2. The van der Waals surface area contributed by atoms with E-state index in [2.05, 4.69) is 9.97 Å². The van der Waals surface area contributed by atoms with Crippen LogP contribution in [0.5, 0.6) is 0 Å². The van der Waals surface area contributed by atoms with Gasteiger partial charge in [0.1, 0.15) is 16.7 Å². The van der Waals surface area contributed by atoms with E-state index in [1.807, 2.05) is 0 Å². The highest BCUT2D eigenvalue weighted by atomic mass is 35.5. The molecule has 0 aliphatic rings. The van der Waals surface area contributed by atoms with Crippen LogP contribution < -0.4 is 5.73 Å². The Balaban J connectivity index is 2.37. The fourth-order valence-corrected chi connectivity index (χ4v) is 2.13. The summed E-state index contributed by atoms with van der Waals surface area (Å²) in [6.45, 7) is 0. The van der Waals surface area contributed by atoms with Crippen molar-refractivity contribution < 1.29 is 8.78 Å². The van der Waals surface area contributed by atoms with E-state index in [4.69, 9.17) is 17.3 Å². The zero-order valence-corrected chi connectivity index (χ0v) is 9.90. The Morgan fingerprint density at radius 3 is 2.82 bits per heavy atom. The highest BCUT2D eigenvalue weighted by Gasteiger charge is 2.10. The summed E-state index contributed by atoms with van der Waals surface area (Å²) in [5.41, 5.74) is 5.86. The molecule has 0 saturated carbocycles. The van der Waals surface area contributed by atoms with E-state index < -0.39 is 11.6 Å². The van der Waals surface area contributed by atoms with Crippen molar-refractivity contribution in [3.05, 3.63) is 41.3 Å². The molecule has 0 radical (unpaired) electrons. The minimum atomic E-state index is -0.550. The number of aromatic nitrogens is 2. The van der Waals surface area contributed by atoms with Crippen LogP contribution in [0.1, 0.15) is 0 Å². The third-order valence-electron chi connectivity index (χ3n) is 1.85. The number of nitrogens with two attached hydrogens (primary N) is 1. The van der Waals surface area contributed by atoms with Crippen LogP contribution in [0.4, 0.5) is 14.5 Å². The van der Waals surface area contributed by atoms with Gasteiger partial charge < -0.3 is 5.73 Å². The van der Waals surface area contributed by atoms with Gasteiger partial charge in [-0.15, -0.1) is 0 Å². The molecular formula is C10H6ClF2N3S. The molecule has 0 amide bonds. The van der Waals surface area contributed by atoms with Crippen molar-refractivity contribution in [2.45, 2.75) is 9.92 Å². The van der Waals surface area contributed by atoms with Crippen molar-refractivity contribution in [1.29, 1.82) is 0 Å². The lowest BCUT2D eigenvalue weighted by Gasteiger charge is -2.05. The quantitative estimate of drug-likeness (QED) is 0.675. The van der Waals surface area contributed by atoms with Gasteiger partial charge in [0.25, 0.3) is 0 Å². The highest BCUT2D eigenvalue weighted by Crippen LogP contribution is 2.32. The van der Waals surface area contributed by atoms with Gasteiger partial charge >= 0.3 is 0 Å². The van der Waals surface area contributed by atoms with Gasteiger partial charge in [-0.1, -0.05) is 11.8 Å². The van der Waals surface area contributed by atoms with Crippen LogP contribution in [0.25, 0.3) is 0 Å². The molecule has 0 unspecified atom stereocenters. The second-order valence-electron chi connectivity index (χ2n) is 3.08. The number of anilines is 1. The zero-order valence-electron chi connectivity index (χ0n) is 8.32. The molecule has 0 spiro atoms. The van der Waals surface area contributed by atoms with E-state index in [-0.39, 0.29) is 20.9 Å². The van der Waals surface area contributed by atoms with Crippen molar-refractivity contribution >= 4 is 29.1 Å². The normalized spacial score (nSPS) is 10.5. The van der Waals surface area contributed by atoms with E-state index in [0.29, 0.717) is 0 Å². The number of halogens is 3. The van der Waals surface area contributed by atoms with Crippen molar-refractivity contribution in [2.75, 3.05) is 5.73 Å². The maximum atomic E-state index is 13.4. The number of nitrogen functional groups attached to an aromatic ring is 1. The third kappa shape index (κ3) is 2.83. The SMILES string of the molecule is Nc1cnc(Cl)nc1Sc1cc(F)ccc1F. The number of hydrogen-bond acceptors (Lipinski definition) is 4. The fourth-order valence-electron chi connectivity index (χ4n) is 1.10. The van der Waals surface area contributed by atoms with Gasteiger partial charge in [0.15, 0.2) is 0 Å². The third-order valence-corrected chi connectivity index (χ3v) is 3.09. The maximum Gasteiger partial charge on any atom is 0.223 e. The molecular weight excluding hydrogens is 268 g/mol. The van der Waals surface area contributed by atoms with Crippen molar-refractivity contribution in [3.63, 3.8) is 0 Å². The van der Waals surface area contributed by atoms with Crippen LogP contribution >= 0.6 is 23.4 Å². The molecule has 88 valence electrons. The lowest BCUT2D eigenvalue weighted by molar-refractivity contribution is 0.577. The Labute approximate surface area is 105 Å². The molecule has 0 atom stereocenters. The number of rotatable bonds is 2. The van der Waals surface area contributed by atoms with E-state index in [1.165, 1.54) is 6.20 Å². The second-order valence-corrected chi connectivity index (χ2v) is 4.45. The van der Waals surface area contributed by atoms with Crippen LogP contribution in [-0.2, 0) is 0 Å². The van der Waals surface area contributed by atoms with Crippen LogP contribution in [0.2, 0.25) is 5.28 Å². The first-order valence-electron chi connectivity index (χ1n) is 4.47. The molecule has 0 aliphatic carbocycles. The molecule has 7 heteroatoms. The molecule has 0 aliphatic heterocycles. The molecule has 0 fully saturated rings. The molecule has 1 aromatic heterocycles. The summed E-state index contributed by atoms with van der Waals surface area (Å²) in [6.07, 6.45) is 1.31. The molecule has 17 heavy (non-hydrogen) atoms. The topological polar surface area (TPSA) is 51.8 Å². The van der Waals surface area contributed by atoms with Gasteiger partial charge in [0.05, 0.1) is 16.8 Å². The van der Waals surface area contributed by atoms with Crippen molar-refractivity contribution in [2.24, 2.45) is 0 Å². The Kier molecular flexibility index (Phi) is 3.44. The molecule has 3 nitrogen and oxygen atoms in total. The molecule has 1 heterocycles. The summed E-state index contributed by atoms with van der Waals surface area (Å²) in [4.78, 5) is 7.60. The number of benzene rings is 1. The smallest absolute Gasteiger partial charge is 0.223 e. The Morgan fingerprint density at radius 1 is 1.29 bits per heavy atom. The monoisotopic (exact) mass is 273 g/mol. The van der Waals surface area contributed by atoms with Crippen LogP contribution in [0, 0.1) is 11.6 Å². The summed E-state index contributed by atoms with van der Waals surface area (Å²) in [5, 5.41) is 0.285. The summed E-state index contributed by atoms with van der Waals surface area (Å²) >= 11 is 6.49. The molecule has 1 aromatic carbocycles. The Hall–Kier alpha value is -1.40. The van der Waals surface area contributed by atoms with E-state index in [0.717, 1.165) is 30.0 Å². The minimum Gasteiger partial charge on any atom is -0.395 e. The van der Waals surface area contributed by atoms with Gasteiger partial charge in [-0.3, -0.25) is 0 Å². The van der Waals surface area contributed by atoms with Gasteiger partial charge in [-0.2, -0.15) is 0 Å². The largest absolute Gasteiger partial charge is 0.395 e. The lowest BCUT2D eigenvalue weighted by Crippen LogP contribution is -1.95. The maximum absolute atomic E-state index is 13.4. The van der Waals surface area contributed by atoms with Gasteiger partial charge in [0, 0.05) is 0 Å². The van der Waals surface area contributed by atoms with Crippen LogP contribution in [0.15, 0.2) is 34.3 Å². The van der Waals surface area contributed by atoms with E-state index >= 15 is 0 Å². The molecule has 2 N–H and O–H groups in total. The Bertz CT molecular complexity index is 516. The average Bonchev–Trinajstić information content (AvgIpc) is 2.28. The van der Waals surface area contributed by atoms with E-state index in [9.17, 15) is 8.78 Å². The predicted molar refractivity (Wildman–Crippen MR) is 61.9 cm³/mol. The lowest BCUT2D eigenvalue weighted by atomic mass is 10.3. The summed E-state index contributed by atoms with van der Waals surface area (Å²) < 4.78 is 26.3. The van der Waals surface area contributed by atoms with Gasteiger partial charge in [0.2, 0.25) is 5.28 Å². The summed E-state index contributed by atoms with van der Waals surface area (Å²) in [5.74, 6) is -1.09. The van der Waals surface area contributed by atoms with Crippen LogP contribution in [-0.4, -0.2) is 9.97 Å². The first-order chi connectivity index (χ1) is 8.06. The van der Waals surface area contributed by atoms with Crippen molar-refractivity contribution in [3.8, 4) is 0 Å². The summed E-state index contributed by atoms with van der Waals surface area (Å²) in [6, 6.07) is 3.14. The van der Waals surface area contributed by atoms with Gasteiger partial charge in [-0.25, -0.2) is 18.7 Å². The first kappa shape index (κ1) is 12.1. The molecule has 2 rings (SSSR count). The minimum absolute atomic E-state index is 0.00138. The van der Waals surface area contributed by atoms with Crippen LogP contribution in [0.3, 0.4) is 0 Å². The molecule has 2 aromatic rings. The highest BCUT2D eigenvalue weighted by molar-refractivity contribution is 7.99. The first-order valence-corrected chi connectivity index (χ1v) is 5.66. The molecule has 0 bridgehead atoms. The predicted octanol–water partition coefficient (Wildman–Crippen LogP) is 3.14. The number of hydrogen-bond donors (Lipinski definition) is 1. The standard InChI is InChI=1S/C10H6ClF2N3S/c11-10-15-4-7(14)9(16-10)17-8-3-5(12)1-2-6(8)13/h1-4H,14H2. The molecule has 0 saturated heterocycles. The fraction of sp³-hybridized carbons (Fsp3) is 0.